The number of sulfonamides is 1. The Morgan fingerprint density at radius 1 is 1.04 bits per heavy atom. The van der Waals surface area contributed by atoms with E-state index in [0.717, 1.165) is 31.4 Å². The minimum Gasteiger partial charge on any atom is -0.457 e. The lowest BCUT2D eigenvalue weighted by atomic mass is 10.2. The molecule has 0 amide bonds. The Kier molecular flexibility index (Phi) is 5.86. The van der Waals surface area contributed by atoms with Crippen LogP contribution < -0.4 is 0 Å². The fraction of sp³-hybridized carbons (Fsp3) is 0.316. The van der Waals surface area contributed by atoms with Gasteiger partial charge in [0, 0.05) is 13.1 Å². The Morgan fingerprint density at radius 2 is 1.78 bits per heavy atom. The molecule has 0 saturated carbocycles. The van der Waals surface area contributed by atoms with Crippen LogP contribution in [0.2, 0.25) is 0 Å². The van der Waals surface area contributed by atoms with E-state index in [-0.39, 0.29) is 12.2 Å². The Labute approximate surface area is 156 Å². The van der Waals surface area contributed by atoms with Gasteiger partial charge >= 0.3 is 5.97 Å². The average Bonchev–Trinajstić information content (AvgIpc) is 2.67. The number of carbonyl (C=O) groups is 1. The lowest BCUT2D eigenvalue weighted by molar-refractivity contribution is 0.0472. The van der Waals surface area contributed by atoms with Crippen molar-refractivity contribution < 1.29 is 26.7 Å². The summed E-state index contributed by atoms with van der Waals surface area (Å²) in [5.41, 5.74) is 0.370. The van der Waals surface area contributed by atoms with Crippen LogP contribution in [-0.2, 0) is 21.4 Å². The Balaban J connectivity index is 1.79. The van der Waals surface area contributed by atoms with E-state index in [0.29, 0.717) is 18.7 Å². The lowest BCUT2D eigenvalue weighted by Crippen LogP contribution is -2.36. The van der Waals surface area contributed by atoms with E-state index in [2.05, 4.69) is 0 Å². The summed E-state index contributed by atoms with van der Waals surface area (Å²) >= 11 is 0. The van der Waals surface area contributed by atoms with Gasteiger partial charge in [-0.15, -0.1) is 0 Å². The van der Waals surface area contributed by atoms with Crippen molar-refractivity contribution in [2.75, 3.05) is 13.1 Å². The summed E-state index contributed by atoms with van der Waals surface area (Å²) in [4.78, 5) is 11.7. The molecule has 1 aliphatic heterocycles. The van der Waals surface area contributed by atoms with Gasteiger partial charge in [0.15, 0.2) is 0 Å². The maximum atomic E-state index is 14.2. The average molecular weight is 395 g/mol. The highest BCUT2D eigenvalue weighted by molar-refractivity contribution is 7.89. The number of hydrogen-bond acceptors (Lipinski definition) is 4. The van der Waals surface area contributed by atoms with E-state index in [9.17, 15) is 22.0 Å². The predicted molar refractivity (Wildman–Crippen MR) is 94.5 cm³/mol. The Hall–Kier alpha value is -2.32. The number of carbonyl (C=O) groups excluding carboxylic acids is 1. The number of hydrogen-bond donors (Lipinski definition) is 0. The van der Waals surface area contributed by atoms with E-state index in [4.69, 9.17) is 4.74 Å². The first kappa shape index (κ1) is 19.4. The molecule has 2 aromatic rings. The van der Waals surface area contributed by atoms with E-state index in [1.807, 2.05) is 0 Å². The summed E-state index contributed by atoms with van der Waals surface area (Å²) in [5, 5.41) is 0. The number of ether oxygens (including phenoxy) is 1. The van der Waals surface area contributed by atoms with Crippen molar-refractivity contribution >= 4 is 16.0 Å². The van der Waals surface area contributed by atoms with Crippen molar-refractivity contribution in [3.8, 4) is 0 Å². The zero-order valence-electron chi connectivity index (χ0n) is 14.5. The second kappa shape index (κ2) is 8.14. The van der Waals surface area contributed by atoms with Gasteiger partial charge in [-0.05, 0) is 48.7 Å². The molecule has 0 aromatic heterocycles. The number of esters is 1. The molecular formula is C19H19F2NO4S. The van der Waals surface area contributed by atoms with Crippen molar-refractivity contribution in [1.29, 1.82) is 0 Å². The Morgan fingerprint density at radius 3 is 2.48 bits per heavy atom. The van der Waals surface area contributed by atoms with Gasteiger partial charge in [0.05, 0.1) is 5.56 Å². The third-order valence-electron chi connectivity index (χ3n) is 4.36. The summed E-state index contributed by atoms with van der Waals surface area (Å²) in [6.45, 7) is 0.480. The van der Waals surface area contributed by atoms with Gasteiger partial charge in [-0.1, -0.05) is 18.6 Å². The second-order valence-electron chi connectivity index (χ2n) is 6.32. The highest BCUT2D eigenvalue weighted by atomic mass is 32.2. The second-order valence-corrected chi connectivity index (χ2v) is 8.22. The number of piperidine rings is 1. The van der Waals surface area contributed by atoms with Gasteiger partial charge in [-0.25, -0.2) is 22.0 Å². The summed E-state index contributed by atoms with van der Waals surface area (Å²) in [6, 6.07) is 8.67. The first-order valence-electron chi connectivity index (χ1n) is 8.59. The van der Waals surface area contributed by atoms with E-state index in [1.54, 1.807) is 6.07 Å². The predicted octanol–water partition coefficient (Wildman–Crippen LogP) is 3.50. The summed E-state index contributed by atoms with van der Waals surface area (Å²) in [7, 11) is -4.02. The van der Waals surface area contributed by atoms with Gasteiger partial charge in [-0.3, -0.25) is 0 Å². The molecule has 27 heavy (non-hydrogen) atoms. The quantitative estimate of drug-likeness (QED) is 0.727. The van der Waals surface area contributed by atoms with Gasteiger partial charge < -0.3 is 4.74 Å². The van der Waals surface area contributed by atoms with Crippen molar-refractivity contribution in [2.45, 2.75) is 30.8 Å². The maximum absolute atomic E-state index is 14.2. The molecule has 144 valence electrons. The smallest absolute Gasteiger partial charge is 0.338 e. The van der Waals surface area contributed by atoms with Crippen LogP contribution in [0, 0.1) is 11.6 Å². The van der Waals surface area contributed by atoms with Gasteiger partial charge in [-0.2, -0.15) is 4.31 Å². The molecule has 0 radical (unpaired) electrons. The molecular weight excluding hydrogens is 376 g/mol. The molecule has 1 aliphatic rings. The molecule has 5 nitrogen and oxygen atoms in total. The fourth-order valence-electron chi connectivity index (χ4n) is 2.93. The van der Waals surface area contributed by atoms with Gasteiger partial charge in [0.1, 0.15) is 23.1 Å². The number of rotatable bonds is 5. The molecule has 0 unspecified atom stereocenters. The molecule has 8 heteroatoms. The van der Waals surface area contributed by atoms with Crippen molar-refractivity contribution in [3.63, 3.8) is 0 Å². The van der Waals surface area contributed by atoms with E-state index >= 15 is 0 Å². The highest BCUT2D eigenvalue weighted by Gasteiger charge is 2.29. The number of halogens is 2. The minimum atomic E-state index is -4.02. The van der Waals surface area contributed by atoms with Crippen LogP contribution in [0.5, 0.6) is 0 Å². The van der Waals surface area contributed by atoms with Gasteiger partial charge in [0.25, 0.3) is 0 Å². The van der Waals surface area contributed by atoms with Crippen LogP contribution in [0.3, 0.4) is 0 Å². The lowest BCUT2D eigenvalue weighted by Gasteiger charge is -2.26. The molecule has 3 rings (SSSR count). The van der Waals surface area contributed by atoms with Crippen LogP contribution in [0.1, 0.15) is 35.2 Å². The van der Waals surface area contributed by atoms with Crippen LogP contribution >= 0.6 is 0 Å². The molecule has 0 N–H and O–H groups in total. The molecule has 0 aliphatic carbocycles. The monoisotopic (exact) mass is 395 g/mol. The minimum absolute atomic E-state index is 0.0802. The van der Waals surface area contributed by atoms with Crippen molar-refractivity contribution in [2.24, 2.45) is 0 Å². The largest absolute Gasteiger partial charge is 0.457 e. The van der Waals surface area contributed by atoms with E-state index in [1.165, 1.54) is 28.6 Å². The molecule has 1 fully saturated rings. The topological polar surface area (TPSA) is 63.7 Å². The van der Waals surface area contributed by atoms with Crippen LogP contribution in [0.4, 0.5) is 8.78 Å². The van der Waals surface area contributed by atoms with Crippen molar-refractivity contribution in [1.82, 2.24) is 4.31 Å². The van der Waals surface area contributed by atoms with Crippen LogP contribution in [0.25, 0.3) is 0 Å². The molecule has 1 heterocycles. The first-order chi connectivity index (χ1) is 12.9. The third-order valence-corrected chi connectivity index (χ3v) is 6.27. The number of nitrogens with zero attached hydrogens (tertiary/aromatic N) is 1. The SMILES string of the molecule is O=C(OCc1cccc(F)c1)c1ccc(F)c(S(=O)(=O)N2CCCCC2)c1. The first-order valence-corrected chi connectivity index (χ1v) is 10.0. The summed E-state index contributed by atoms with van der Waals surface area (Å²) in [6.07, 6.45) is 2.37. The summed E-state index contributed by atoms with van der Waals surface area (Å²) < 4.78 is 59.0. The molecule has 0 spiro atoms. The standard InChI is InChI=1S/C19H19F2NO4S/c20-16-6-4-5-14(11-16)13-26-19(23)15-7-8-17(21)18(12-15)27(24,25)22-9-2-1-3-10-22/h4-8,11-12H,1-3,9-10,13H2. The molecule has 0 bridgehead atoms. The zero-order chi connectivity index (χ0) is 19.4. The van der Waals surface area contributed by atoms with Crippen LogP contribution in [-0.4, -0.2) is 31.8 Å². The van der Waals surface area contributed by atoms with Crippen LogP contribution in [0.15, 0.2) is 47.4 Å². The maximum Gasteiger partial charge on any atom is 0.338 e. The Bertz CT molecular complexity index is 940. The third kappa shape index (κ3) is 4.51. The van der Waals surface area contributed by atoms with Gasteiger partial charge in [0.2, 0.25) is 10.0 Å². The fourth-order valence-corrected chi connectivity index (χ4v) is 4.54. The molecule has 1 saturated heterocycles. The summed E-state index contributed by atoms with van der Waals surface area (Å²) in [5.74, 6) is -2.18. The zero-order valence-corrected chi connectivity index (χ0v) is 15.3. The number of benzene rings is 2. The highest BCUT2D eigenvalue weighted by Crippen LogP contribution is 2.24. The normalized spacial score (nSPS) is 15.5. The molecule has 2 aromatic carbocycles. The van der Waals surface area contributed by atoms with Crippen molar-refractivity contribution in [3.05, 3.63) is 65.2 Å². The molecule has 0 atom stereocenters. The van der Waals surface area contributed by atoms with E-state index < -0.39 is 32.5 Å².